The second-order valence-corrected chi connectivity index (χ2v) is 5.71. The summed E-state index contributed by atoms with van der Waals surface area (Å²) in [6.45, 7) is 1.69. The zero-order chi connectivity index (χ0) is 14.7. The van der Waals surface area contributed by atoms with Crippen LogP contribution >= 0.6 is 27.3 Å². The molecule has 2 rings (SSSR count). The largest absolute Gasteiger partial charge is 0.465 e. The minimum Gasteiger partial charge on any atom is -0.465 e. The van der Waals surface area contributed by atoms with E-state index in [0.29, 0.717) is 25.7 Å². The van der Waals surface area contributed by atoms with Crippen molar-refractivity contribution < 1.29 is 14.3 Å². The molecule has 0 aliphatic heterocycles. The van der Waals surface area contributed by atoms with Crippen molar-refractivity contribution in [3.8, 4) is 0 Å². The van der Waals surface area contributed by atoms with E-state index in [0.717, 1.165) is 11.3 Å². The van der Waals surface area contributed by atoms with Crippen LogP contribution in [0, 0.1) is 6.92 Å². The molecule has 0 saturated carbocycles. The first kappa shape index (κ1) is 14.7. The first-order chi connectivity index (χ1) is 9.52. The molecule has 0 radical (unpaired) electrons. The molecule has 0 bridgehead atoms. The van der Waals surface area contributed by atoms with E-state index >= 15 is 0 Å². The Kier molecular flexibility index (Phi) is 4.51. The summed E-state index contributed by atoms with van der Waals surface area (Å²) < 4.78 is 5.34. The van der Waals surface area contributed by atoms with Crippen LogP contribution in [0.15, 0.2) is 28.7 Å². The van der Waals surface area contributed by atoms with E-state index in [1.807, 2.05) is 6.07 Å². The number of aryl methyl sites for hydroxylation is 1. The summed E-state index contributed by atoms with van der Waals surface area (Å²) >= 11 is 4.40. The molecule has 1 amide bonds. The van der Waals surface area contributed by atoms with Gasteiger partial charge in [-0.05, 0) is 35.0 Å². The number of ether oxygens (including phenoxy) is 1. The van der Waals surface area contributed by atoms with Crippen molar-refractivity contribution in [2.24, 2.45) is 0 Å². The van der Waals surface area contributed by atoms with Gasteiger partial charge in [0.2, 0.25) is 0 Å². The van der Waals surface area contributed by atoms with Crippen molar-refractivity contribution in [3.63, 3.8) is 0 Å². The number of rotatable bonds is 3. The number of hydrogen-bond acceptors (Lipinski definition) is 5. The normalized spacial score (nSPS) is 10.2. The zero-order valence-electron chi connectivity index (χ0n) is 10.8. The molecule has 0 unspecified atom stereocenters. The van der Waals surface area contributed by atoms with E-state index in [9.17, 15) is 9.59 Å². The lowest BCUT2D eigenvalue weighted by molar-refractivity contribution is 0.0605. The van der Waals surface area contributed by atoms with Crippen molar-refractivity contribution in [2.75, 3.05) is 12.4 Å². The lowest BCUT2D eigenvalue weighted by Gasteiger charge is -2.03. The maximum atomic E-state index is 12.1. The standard InChI is InChI=1S/C13H11BrN2O3S/c1-7-10(12(18)19-2)20-13(15-7)16-11(17)8-5-3-4-6-9(8)14/h3-6H,1-2H3,(H,15,16,17). The summed E-state index contributed by atoms with van der Waals surface area (Å²) in [7, 11) is 1.31. The summed E-state index contributed by atoms with van der Waals surface area (Å²) in [4.78, 5) is 28.1. The number of thiazole rings is 1. The Bertz CT molecular complexity index is 669. The molecule has 1 aromatic carbocycles. The predicted molar refractivity (Wildman–Crippen MR) is 80.3 cm³/mol. The number of esters is 1. The fraction of sp³-hybridized carbons (Fsp3) is 0.154. The van der Waals surface area contributed by atoms with Gasteiger partial charge in [0, 0.05) is 4.47 Å². The number of carbonyl (C=O) groups is 2. The first-order valence-corrected chi connectivity index (χ1v) is 7.25. The minimum atomic E-state index is -0.457. The molecule has 0 aliphatic carbocycles. The van der Waals surface area contributed by atoms with Crippen LogP contribution < -0.4 is 5.32 Å². The van der Waals surface area contributed by atoms with Gasteiger partial charge < -0.3 is 4.74 Å². The van der Waals surface area contributed by atoms with Crippen molar-refractivity contribution in [1.29, 1.82) is 0 Å². The van der Waals surface area contributed by atoms with E-state index in [2.05, 4.69) is 31.0 Å². The third kappa shape index (κ3) is 3.05. The molecule has 20 heavy (non-hydrogen) atoms. The van der Waals surface area contributed by atoms with Gasteiger partial charge in [0.1, 0.15) is 4.88 Å². The molecule has 0 aliphatic rings. The van der Waals surface area contributed by atoms with Crippen molar-refractivity contribution in [2.45, 2.75) is 6.92 Å². The summed E-state index contributed by atoms with van der Waals surface area (Å²) in [5.41, 5.74) is 1.03. The van der Waals surface area contributed by atoms with Crippen LogP contribution in [0.2, 0.25) is 0 Å². The summed E-state index contributed by atoms with van der Waals surface area (Å²) in [5, 5.41) is 3.03. The number of anilines is 1. The molecule has 2 aromatic rings. The second kappa shape index (κ2) is 6.15. The Hall–Kier alpha value is -1.73. The van der Waals surface area contributed by atoms with Crippen LogP contribution in [-0.2, 0) is 4.74 Å². The highest BCUT2D eigenvalue weighted by molar-refractivity contribution is 9.10. The highest BCUT2D eigenvalue weighted by Crippen LogP contribution is 2.24. The summed E-state index contributed by atoms with van der Waals surface area (Å²) in [5.74, 6) is -0.746. The minimum absolute atomic E-state index is 0.289. The topological polar surface area (TPSA) is 68.3 Å². The highest BCUT2D eigenvalue weighted by Gasteiger charge is 2.18. The lowest BCUT2D eigenvalue weighted by Crippen LogP contribution is -2.12. The molecule has 1 aromatic heterocycles. The third-order valence-corrected chi connectivity index (χ3v) is 4.25. The Balaban J connectivity index is 2.21. The lowest BCUT2D eigenvalue weighted by atomic mass is 10.2. The smallest absolute Gasteiger partial charge is 0.350 e. The van der Waals surface area contributed by atoms with Gasteiger partial charge >= 0.3 is 5.97 Å². The Morgan fingerprint density at radius 3 is 2.70 bits per heavy atom. The van der Waals surface area contributed by atoms with Crippen LogP contribution in [-0.4, -0.2) is 24.0 Å². The quantitative estimate of drug-likeness (QED) is 0.859. The second-order valence-electron chi connectivity index (χ2n) is 3.86. The van der Waals surface area contributed by atoms with E-state index in [4.69, 9.17) is 0 Å². The Morgan fingerprint density at radius 1 is 1.35 bits per heavy atom. The van der Waals surface area contributed by atoms with Crippen molar-refractivity contribution >= 4 is 44.3 Å². The third-order valence-electron chi connectivity index (χ3n) is 2.51. The number of hydrogen-bond donors (Lipinski definition) is 1. The molecule has 0 fully saturated rings. The van der Waals surface area contributed by atoms with E-state index in [-0.39, 0.29) is 5.91 Å². The first-order valence-electron chi connectivity index (χ1n) is 5.64. The fourth-order valence-electron chi connectivity index (χ4n) is 1.54. The van der Waals surface area contributed by atoms with Crippen molar-refractivity contribution in [3.05, 3.63) is 44.9 Å². The molecule has 5 nitrogen and oxygen atoms in total. The molecule has 104 valence electrons. The molecule has 0 atom stereocenters. The van der Waals surface area contributed by atoms with E-state index < -0.39 is 5.97 Å². The van der Waals surface area contributed by atoms with E-state index in [1.54, 1.807) is 25.1 Å². The SMILES string of the molecule is COC(=O)c1sc(NC(=O)c2ccccc2Br)nc1C. The number of methoxy groups -OCH3 is 1. The fourth-order valence-corrected chi connectivity index (χ4v) is 2.89. The van der Waals surface area contributed by atoms with Gasteiger partial charge in [-0.15, -0.1) is 0 Å². The average Bonchev–Trinajstić information content (AvgIpc) is 2.79. The number of nitrogens with one attached hydrogen (secondary N) is 1. The number of nitrogens with zero attached hydrogens (tertiary/aromatic N) is 1. The van der Waals surface area contributed by atoms with Crippen LogP contribution in [0.4, 0.5) is 5.13 Å². The number of amides is 1. The van der Waals surface area contributed by atoms with Crippen LogP contribution in [0.1, 0.15) is 25.7 Å². The van der Waals surface area contributed by atoms with E-state index in [1.165, 1.54) is 7.11 Å². The van der Waals surface area contributed by atoms with Gasteiger partial charge in [-0.25, -0.2) is 9.78 Å². The number of benzene rings is 1. The van der Waals surface area contributed by atoms with Crippen LogP contribution in [0.3, 0.4) is 0 Å². The number of halogens is 1. The van der Waals surface area contributed by atoms with Crippen LogP contribution in [0.5, 0.6) is 0 Å². The molecule has 1 heterocycles. The van der Waals surface area contributed by atoms with Gasteiger partial charge in [0.25, 0.3) is 5.91 Å². The van der Waals surface area contributed by atoms with Gasteiger partial charge in [-0.3, -0.25) is 10.1 Å². The zero-order valence-corrected chi connectivity index (χ0v) is 13.2. The Morgan fingerprint density at radius 2 is 2.05 bits per heavy atom. The molecular weight excluding hydrogens is 344 g/mol. The monoisotopic (exact) mass is 354 g/mol. The number of aromatic nitrogens is 1. The highest BCUT2D eigenvalue weighted by atomic mass is 79.9. The molecule has 0 saturated heterocycles. The molecular formula is C13H11BrN2O3S. The van der Waals surface area contributed by atoms with Gasteiger partial charge in [-0.2, -0.15) is 0 Å². The predicted octanol–water partition coefficient (Wildman–Crippen LogP) is 3.25. The maximum absolute atomic E-state index is 12.1. The maximum Gasteiger partial charge on any atom is 0.350 e. The molecule has 7 heteroatoms. The van der Waals surface area contributed by atoms with Crippen LogP contribution in [0.25, 0.3) is 0 Å². The van der Waals surface area contributed by atoms with Gasteiger partial charge in [0.05, 0.1) is 18.4 Å². The molecule has 0 spiro atoms. The number of carbonyl (C=O) groups excluding carboxylic acids is 2. The van der Waals surface area contributed by atoms with Gasteiger partial charge in [0.15, 0.2) is 5.13 Å². The van der Waals surface area contributed by atoms with Gasteiger partial charge in [-0.1, -0.05) is 23.5 Å². The Labute approximate surface area is 128 Å². The van der Waals surface area contributed by atoms with Crippen molar-refractivity contribution in [1.82, 2.24) is 4.98 Å². The summed E-state index contributed by atoms with van der Waals surface area (Å²) in [6.07, 6.45) is 0. The molecule has 1 N–H and O–H groups in total. The average molecular weight is 355 g/mol. The summed E-state index contributed by atoms with van der Waals surface area (Å²) in [6, 6.07) is 7.07.